The molecule has 0 unspecified atom stereocenters. The van der Waals surface area contributed by atoms with Crippen molar-refractivity contribution in [3.05, 3.63) is 60.8 Å². The zero-order chi connectivity index (χ0) is 18.4. The Morgan fingerprint density at radius 1 is 1.12 bits per heavy atom. The first-order valence-corrected chi connectivity index (χ1v) is 8.42. The maximum absolute atomic E-state index is 11.9. The number of pyridine rings is 1. The Labute approximate surface area is 152 Å². The number of amides is 2. The molecule has 3 rings (SSSR count). The van der Waals surface area contributed by atoms with Crippen molar-refractivity contribution in [2.45, 2.75) is 0 Å². The van der Waals surface area contributed by atoms with Gasteiger partial charge in [-0.3, -0.25) is 4.98 Å². The van der Waals surface area contributed by atoms with Crippen LogP contribution in [0.4, 0.5) is 16.2 Å². The van der Waals surface area contributed by atoms with Crippen molar-refractivity contribution in [2.24, 2.45) is 0 Å². The molecule has 0 atom stereocenters. The Morgan fingerprint density at radius 2 is 1.92 bits per heavy atom. The molecule has 0 aliphatic heterocycles. The summed E-state index contributed by atoms with van der Waals surface area (Å²) < 4.78 is 5.68. The Bertz CT molecular complexity index is 878. The first-order chi connectivity index (χ1) is 12.6. The summed E-state index contributed by atoms with van der Waals surface area (Å²) >= 11 is 0. The highest BCUT2D eigenvalue weighted by atomic mass is 16.5. The van der Waals surface area contributed by atoms with E-state index in [2.05, 4.69) is 15.6 Å². The first kappa shape index (κ1) is 17.5. The van der Waals surface area contributed by atoms with Gasteiger partial charge in [-0.25, -0.2) is 4.79 Å². The molecule has 6 nitrogen and oxygen atoms in total. The maximum Gasteiger partial charge on any atom is 0.319 e. The van der Waals surface area contributed by atoms with E-state index in [1.54, 1.807) is 6.20 Å². The lowest BCUT2D eigenvalue weighted by atomic mass is 10.2. The average Bonchev–Trinajstić information content (AvgIpc) is 2.65. The van der Waals surface area contributed by atoms with E-state index < -0.39 is 0 Å². The fraction of sp³-hybridized carbons (Fsp3) is 0.200. The van der Waals surface area contributed by atoms with Gasteiger partial charge >= 0.3 is 6.03 Å². The summed E-state index contributed by atoms with van der Waals surface area (Å²) in [6.07, 6.45) is 1.76. The van der Waals surface area contributed by atoms with Gasteiger partial charge in [-0.15, -0.1) is 0 Å². The predicted molar refractivity (Wildman–Crippen MR) is 105 cm³/mol. The van der Waals surface area contributed by atoms with Gasteiger partial charge in [0.05, 0.1) is 12.1 Å². The normalized spacial score (nSPS) is 10.4. The van der Waals surface area contributed by atoms with E-state index in [4.69, 9.17) is 4.74 Å². The highest BCUT2D eigenvalue weighted by molar-refractivity contribution is 5.89. The van der Waals surface area contributed by atoms with Crippen LogP contribution >= 0.6 is 0 Å². The second-order valence-corrected chi connectivity index (χ2v) is 6.03. The third-order valence-corrected chi connectivity index (χ3v) is 3.87. The molecule has 0 fully saturated rings. The van der Waals surface area contributed by atoms with Gasteiger partial charge in [0.25, 0.3) is 0 Å². The standard InChI is InChI=1S/C20H22N4O2/c1-24(2)17-7-5-16(6-8-17)23-20(25)22-12-13-26-18-9-10-19-15(14-18)4-3-11-21-19/h3-11,14H,12-13H2,1-2H3,(H2,22,23,25). The molecule has 0 spiro atoms. The van der Waals surface area contributed by atoms with Crippen LogP contribution in [0.15, 0.2) is 60.8 Å². The molecule has 1 heterocycles. The molecule has 0 saturated carbocycles. The zero-order valence-electron chi connectivity index (χ0n) is 14.9. The molecule has 2 amide bonds. The number of hydrogen-bond donors (Lipinski definition) is 2. The van der Waals surface area contributed by atoms with Crippen molar-refractivity contribution in [1.29, 1.82) is 0 Å². The fourth-order valence-corrected chi connectivity index (χ4v) is 2.50. The van der Waals surface area contributed by atoms with Gasteiger partial charge in [-0.1, -0.05) is 6.07 Å². The Kier molecular flexibility index (Phi) is 5.53. The molecule has 0 radical (unpaired) electrons. The molecule has 2 N–H and O–H groups in total. The van der Waals surface area contributed by atoms with Gasteiger partial charge in [-0.2, -0.15) is 0 Å². The largest absolute Gasteiger partial charge is 0.492 e. The van der Waals surface area contributed by atoms with E-state index in [0.717, 1.165) is 28.0 Å². The van der Waals surface area contributed by atoms with E-state index in [9.17, 15) is 4.79 Å². The molecule has 0 bridgehead atoms. The second-order valence-electron chi connectivity index (χ2n) is 6.03. The number of aromatic nitrogens is 1. The minimum atomic E-state index is -0.256. The minimum absolute atomic E-state index is 0.256. The lowest BCUT2D eigenvalue weighted by Gasteiger charge is -2.13. The third kappa shape index (κ3) is 4.63. The van der Waals surface area contributed by atoms with Crippen molar-refractivity contribution in [2.75, 3.05) is 37.5 Å². The van der Waals surface area contributed by atoms with Crippen LogP contribution in [-0.2, 0) is 0 Å². The van der Waals surface area contributed by atoms with Gasteiger partial charge < -0.3 is 20.3 Å². The first-order valence-electron chi connectivity index (χ1n) is 8.42. The molecule has 134 valence electrons. The quantitative estimate of drug-likeness (QED) is 0.668. The van der Waals surface area contributed by atoms with Gasteiger partial charge in [0.1, 0.15) is 12.4 Å². The number of fused-ring (bicyclic) bond motifs is 1. The highest BCUT2D eigenvalue weighted by Gasteiger charge is 2.03. The summed E-state index contributed by atoms with van der Waals surface area (Å²) in [5.74, 6) is 0.756. The van der Waals surface area contributed by atoms with Crippen LogP contribution in [0.5, 0.6) is 5.75 Å². The van der Waals surface area contributed by atoms with Crippen LogP contribution in [0.25, 0.3) is 10.9 Å². The minimum Gasteiger partial charge on any atom is -0.492 e. The summed E-state index contributed by atoms with van der Waals surface area (Å²) in [6.45, 7) is 0.797. The molecule has 3 aromatic rings. The van der Waals surface area contributed by atoms with E-state index in [1.807, 2.05) is 73.6 Å². The number of rotatable bonds is 6. The lowest BCUT2D eigenvalue weighted by Crippen LogP contribution is -2.32. The number of urea groups is 1. The van der Waals surface area contributed by atoms with Crippen LogP contribution < -0.4 is 20.3 Å². The molecule has 2 aromatic carbocycles. The highest BCUT2D eigenvalue weighted by Crippen LogP contribution is 2.18. The molecule has 0 saturated heterocycles. The van der Waals surface area contributed by atoms with Crippen molar-refractivity contribution in [3.63, 3.8) is 0 Å². The molecule has 1 aromatic heterocycles. The van der Waals surface area contributed by atoms with E-state index >= 15 is 0 Å². The van der Waals surface area contributed by atoms with Crippen LogP contribution in [-0.4, -0.2) is 38.3 Å². The number of carbonyl (C=O) groups is 1. The lowest BCUT2D eigenvalue weighted by molar-refractivity contribution is 0.247. The van der Waals surface area contributed by atoms with Crippen LogP contribution in [0.1, 0.15) is 0 Å². The Hall–Kier alpha value is -3.28. The van der Waals surface area contributed by atoms with E-state index in [1.165, 1.54) is 0 Å². The van der Waals surface area contributed by atoms with Crippen molar-refractivity contribution in [3.8, 4) is 5.75 Å². The van der Waals surface area contributed by atoms with E-state index in [-0.39, 0.29) is 6.03 Å². The summed E-state index contributed by atoms with van der Waals surface area (Å²) in [4.78, 5) is 18.2. The topological polar surface area (TPSA) is 66.5 Å². The fourth-order valence-electron chi connectivity index (χ4n) is 2.50. The zero-order valence-corrected chi connectivity index (χ0v) is 14.9. The molecule has 6 heteroatoms. The summed E-state index contributed by atoms with van der Waals surface area (Å²) in [5, 5.41) is 6.60. The van der Waals surface area contributed by atoms with Crippen LogP contribution in [0.2, 0.25) is 0 Å². The van der Waals surface area contributed by atoms with Crippen LogP contribution in [0, 0.1) is 0 Å². The number of benzene rings is 2. The third-order valence-electron chi connectivity index (χ3n) is 3.87. The maximum atomic E-state index is 11.9. The number of nitrogens with zero attached hydrogens (tertiary/aromatic N) is 2. The Balaban J connectivity index is 1.43. The second kappa shape index (κ2) is 8.20. The number of hydrogen-bond acceptors (Lipinski definition) is 4. The summed E-state index contributed by atoms with van der Waals surface area (Å²) in [7, 11) is 3.95. The van der Waals surface area contributed by atoms with Crippen molar-refractivity contribution in [1.82, 2.24) is 10.3 Å². The number of nitrogens with one attached hydrogen (secondary N) is 2. The summed E-state index contributed by atoms with van der Waals surface area (Å²) in [5.41, 5.74) is 2.75. The molecular weight excluding hydrogens is 328 g/mol. The van der Waals surface area contributed by atoms with Gasteiger partial charge in [0.15, 0.2) is 0 Å². The molecular formula is C20H22N4O2. The predicted octanol–water partition coefficient (Wildman–Crippen LogP) is 3.50. The SMILES string of the molecule is CN(C)c1ccc(NC(=O)NCCOc2ccc3ncccc3c2)cc1. The van der Waals surface area contributed by atoms with Gasteiger partial charge in [0.2, 0.25) is 0 Å². The molecule has 0 aliphatic rings. The van der Waals surface area contributed by atoms with Gasteiger partial charge in [-0.05, 0) is 48.5 Å². The van der Waals surface area contributed by atoms with Crippen LogP contribution in [0.3, 0.4) is 0 Å². The van der Waals surface area contributed by atoms with Crippen molar-refractivity contribution < 1.29 is 9.53 Å². The van der Waals surface area contributed by atoms with Crippen molar-refractivity contribution >= 4 is 28.3 Å². The number of ether oxygens (including phenoxy) is 1. The number of carbonyl (C=O) groups excluding carboxylic acids is 1. The monoisotopic (exact) mass is 350 g/mol. The Morgan fingerprint density at radius 3 is 2.69 bits per heavy atom. The smallest absolute Gasteiger partial charge is 0.319 e. The molecule has 26 heavy (non-hydrogen) atoms. The summed E-state index contributed by atoms with van der Waals surface area (Å²) in [6, 6.07) is 17.0. The van der Waals surface area contributed by atoms with E-state index in [0.29, 0.717) is 13.2 Å². The average molecular weight is 350 g/mol. The number of anilines is 2. The molecule has 0 aliphatic carbocycles. The van der Waals surface area contributed by atoms with Gasteiger partial charge in [0, 0.05) is 37.1 Å².